The lowest BCUT2D eigenvalue weighted by atomic mass is 10.1. The Balaban J connectivity index is 1.96. The summed E-state index contributed by atoms with van der Waals surface area (Å²) in [6.07, 6.45) is -0.558. The minimum absolute atomic E-state index is 0.0583. The molecule has 0 spiro atoms. The van der Waals surface area contributed by atoms with Gasteiger partial charge in [0.25, 0.3) is 0 Å². The molecule has 21 heavy (non-hydrogen) atoms. The van der Waals surface area contributed by atoms with Crippen molar-refractivity contribution in [2.75, 3.05) is 12.9 Å². The lowest BCUT2D eigenvalue weighted by Gasteiger charge is -2.12. The molecular formula is C17H18O3S. The van der Waals surface area contributed by atoms with E-state index in [1.165, 1.54) is 0 Å². The molecule has 0 bridgehead atoms. The topological polar surface area (TPSA) is 46.5 Å². The second-order valence-electron chi connectivity index (χ2n) is 4.68. The van der Waals surface area contributed by atoms with Crippen molar-refractivity contribution in [2.45, 2.75) is 17.9 Å². The second kappa shape index (κ2) is 7.29. The van der Waals surface area contributed by atoms with Gasteiger partial charge in [-0.2, -0.15) is 0 Å². The normalized spacial score (nSPS) is 12.0. The van der Waals surface area contributed by atoms with E-state index in [4.69, 9.17) is 4.74 Å². The molecule has 1 N–H and O–H groups in total. The quantitative estimate of drug-likeness (QED) is 0.652. The first-order chi connectivity index (χ1) is 10.1. The van der Waals surface area contributed by atoms with Crippen molar-refractivity contribution in [2.24, 2.45) is 0 Å². The van der Waals surface area contributed by atoms with Gasteiger partial charge in [0.1, 0.15) is 5.75 Å². The summed E-state index contributed by atoms with van der Waals surface area (Å²) in [5.41, 5.74) is 1.54. The van der Waals surface area contributed by atoms with Crippen LogP contribution in [-0.2, 0) is 0 Å². The van der Waals surface area contributed by atoms with E-state index in [1.807, 2.05) is 48.5 Å². The van der Waals surface area contributed by atoms with Gasteiger partial charge in [0.2, 0.25) is 0 Å². The molecule has 0 amide bonds. The molecule has 0 aliphatic carbocycles. The summed E-state index contributed by atoms with van der Waals surface area (Å²) in [6.45, 7) is 1.55. The highest BCUT2D eigenvalue weighted by molar-refractivity contribution is 7.99. The lowest BCUT2D eigenvalue weighted by Crippen LogP contribution is -2.01. The summed E-state index contributed by atoms with van der Waals surface area (Å²) in [4.78, 5) is 12.2. The second-order valence-corrected chi connectivity index (χ2v) is 5.78. The molecule has 0 radical (unpaired) electrons. The third-order valence-corrected chi connectivity index (χ3v) is 4.24. The maximum Gasteiger partial charge on any atom is 0.159 e. The van der Waals surface area contributed by atoms with Crippen LogP contribution in [0.2, 0.25) is 0 Å². The summed E-state index contributed by atoms with van der Waals surface area (Å²) in [5, 5.41) is 10.2. The third kappa shape index (κ3) is 4.34. The fourth-order valence-corrected chi connectivity index (χ4v) is 2.78. The number of methoxy groups -OCH3 is 1. The number of aliphatic hydroxyl groups is 1. The Morgan fingerprint density at radius 1 is 1.24 bits per heavy atom. The Kier molecular flexibility index (Phi) is 5.42. The summed E-state index contributed by atoms with van der Waals surface area (Å²) in [7, 11) is 1.61. The Labute approximate surface area is 129 Å². The van der Waals surface area contributed by atoms with Crippen molar-refractivity contribution in [1.29, 1.82) is 0 Å². The molecule has 2 aromatic carbocycles. The van der Waals surface area contributed by atoms with Gasteiger partial charge < -0.3 is 9.84 Å². The van der Waals surface area contributed by atoms with Crippen LogP contribution in [0.4, 0.5) is 0 Å². The highest BCUT2D eigenvalue weighted by Gasteiger charge is 2.09. The number of ether oxygens (including phenoxy) is 1. The van der Waals surface area contributed by atoms with E-state index in [1.54, 1.807) is 25.8 Å². The molecule has 3 nitrogen and oxygen atoms in total. The molecule has 0 heterocycles. The van der Waals surface area contributed by atoms with E-state index < -0.39 is 6.10 Å². The maximum atomic E-state index is 11.2. The molecule has 1 atom stereocenters. The Bertz CT molecular complexity index is 608. The van der Waals surface area contributed by atoms with Gasteiger partial charge in [-0.25, -0.2) is 0 Å². The summed E-state index contributed by atoms with van der Waals surface area (Å²) < 4.78 is 5.15. The number of rotatable bonds is 6. The number of ketones is 1. The average molecular weight is 302 g/mol. The molecule has 0 aliphatic heterocycles. The number of carbonyl (C=O) groups excluding carboxylic acids is 1. The number of aliphatic hydroxyl groups excluding tert-OH is 1. The van der Waals surface area contributed by atoms with Crippen LogP contribution in [0.25, 0.3) is 0 Å². The molecule has 2 aromatic rings. The van der Waals surface area contributed by atoms with E-state index in [-0.39, 0.29) is 5.78 Å². The van der Waals surface area contributed by atoms with Crippen molar-refractivity contribution in [3.63, 3.8) is 0 Å². The van der Waals surface area contributed by atoms with Crippen LogP contribution < -0.4 is 4.74 Å². The molecule has 0 saturated carbocycles. The number of Topliss-reactive ketones (excluding diaryl/α,β-unsaturated/α-hetero) is 1. The smallest absolute Gasteiger partial charge is 0.159 e. The van der Waals surface area contributed by atoms with Crippen LogP contribution >= 0.6 is 11.8 Å². The monoisotopic (exact) mass is 302 g/mol. The Hall–Kier alpha value is -1.78. The van der Waals surface area contributed by atoms with Crippen LogP contribution in [0, 0.1) is 0 Å². The number of benzene rings is 2. The number of hydrogen-bond acceptors (Lipinski definition) is 4. The number of thioether (sulfide) groups is 1. The van der Waals surface area contributed by atoms with E-state index in [2.05, 4.69) is 0 Å². The molecule has 0 aromatic heterocycles. The molecule has 0 fully saturated rings. The van der Waals surface area contributed by atoms with Crippen LogP contribution in [0.3, 0.4) is 0 Å². The summed E-state index contributed by atoms with van der Waals surface area (Å²) in [5.74, 6) is 1.34. The van der Waals surface area contributed by atoms with Gasteiger partial charge in [0, 0.05) is 16.2 Å². The highest BCUT2D eigenvalue weighted by atomic mass is 32.2. The fraction of sp³-hybridized carbons (Fsp3) is 0.235. The van der Waals surface area contributed by atoms with Crippen molar-refractivity contribution in [3.8, 4) is 5.75 Å². The van der Waals surface area contributed by atoms with Gasteiger partial charge in [-0.05, 0) is 36.8 Å². The minimum atomic E-state index is -0.558. The van der Waals surface area contributed by atoms with Crippen LogP contribution in [0.15, 0.2) is 53.4 Å². The van der Waals surface area contributed by atoms with Gasteiger partial charge >= 0.3 is 0 Å². The van der Waals surface area contributed by atoms with Crippen molar-refractivity contribution < 1.29 is 14.6 Å². The van der Waals surface area contributed by atoms with Crippen LogP contribution in [0.1, 0.15) is 28.9 Å². The number of carbonyl (C=O) groups is 1. The molecule has 2 rings (SSSR count). The SMILES string of the molecule is COc1cccc(C(O)CSc2ccc(C(C)=O)cc2)c1. The van der Waals surface area contributed by atoms with Crippen molar-refractivity contribution in [1.82, 2.24) is 0 Å². The Morgan fingerprint density at radius 2 is 1.95 bits per heavy atom. The van der Waals surface area contributed by atoms with Crippen LogP contribution in [-0.4, -0.2) is 23.8 Å². The molecule has 4 heteroatoms. The van der Waals surface area contributed by atoms with Gasteiger partial charge in [0.05, 0.1) is 13.2 Å². The van der Waals surface area contributed by atoms with Gasteiger partial charge in [-0.3, -0.25) is 4.79 Å². The van der Waals surface area contributed by atoms with E-state index in [0.717, 1.165) is 16.2 Å². The predicted molar refractivity (Wildman–Crippen MR) is 85.1 cm³/mol. The molecule has 0 saturated heterocycles. The van der Waals surface area contributed by atoms with E-state index in [0.29, 0.717) is 11.3 Å². The highest BCUT2D eigenvalue weighted by Crippen LogP contribution is 2.26. The zero-order valence-corrected chi connectivity index (χ0v) is 12.9. The first kappa shape index (κ1) is 15.6. The van der Waals surface area contributed by atoms with Crippen LogP contribution in [0.5, 0.6) is 5.75 Å². The van der Waals surface area contributed by atoms with E-state index in [9.17, 15) is 9.90 Å². The fourth-order valence-electron chi connectivity index (χ4n) is 1.91. The first-order valence-electron chi connectivity index (χ1n) is 6.66. The van der Waals surface area contributed by atoms with Gasteiger partial charge in [-0.1, -0.05) is 24.3 Å². The molecule has 110 valence electrons. The standard InChI is InChI=1S/C17H18O3S/c1-12(18)13-6-8-16(9-7-13)21-11-17(19)14-4-3-5-15(10-14)20-2/h3-10,17,19H,11H2,1-2H3. The number of hydrogen-bond donors (Lipinski definition) is 1. The zero-order valence-electron chi connectivity index (χ0n) is 12.1. The zero-order chi connectivity index (χ0) is 15.2. The summed E-state index contributed by atoms with van der Waals surface area (Å²) in [6, 6.07) is 14.9. The van der Waals surface area contributed by atoms with Crippen molar-refractivity contribution in [3.05, 3.63) is 59.7 Å². The molecular weight excluding hydrogens is 284 g/mol. The van der Waals surface area contributed by atoms with Gasteiger partial charge in [-0.15, -0.1) is 11.8 Å². The summed E-state index contributed by atoms with van der Waals surface area (Å²) >= 11 is 1.56. The van der Waals surface area contributed by atoms with E-state index >= 15 is 0 Å². The lowest BCUT2D eigenvalue weighted by molar-refractivity contribution is 0.101. The average Bonchev–Trinajstić information content (AvgIpc) is 2.53. The predicted octanol–water partition coefficient (Wildman–Crippen LogP) is 3.72. The van der Waals surface area contributed by atoms with Crippen molar-refractivity contribution >= 4 is 17.5 Å². The van der Waals surface area contributed by atoms with Gasteiger partial charge in [0.15, 0.2) is 5.78 Å². The Morgan fingerprint density at radius 3 is 2.57 bits per heavy atom. The first-order valence-corrected chi connectivity index (χ1v) is 7.64. The largest absolute Gasteiger partial charge is 0.497 e. The minimum Gasteiger partial charge on any atom is -0.497 e. The molecule has 0 aliphatic rings. The molecule has 1 unspecified atom stereocenters. The third-order valence-electron chi connectivity index (χ3n) is 3.15. The maximum absolute atomic E-state index is 11.2.